The van der Waals surface area contributed by atoms with E-state index in [0.717, 1.165) is 31.1 Å². The lowest BCUT2D eigenvalue weighted by atomic mass is 9.62. The topological polar surface area (TPSA) is 53.0 Å². The highest BCUT2D eigenvalue weighted by molar-refractivity contribution is 5.36. The number of aliphatic hydroxyl groups is 2. The zero-order chi connectivity index (χ0) is 20.8. The molecule has 0 aromatic heterocycles. The van der Waals surface area contributed by atoms with Crippen molar-refractivity contribution in [3.8, 4) is 0 Å². The Kier molecular flexibility index (Phi) is 5.87. The Morgan fingerprint density at radius 3 is 2.83 bits per heavy atom. The van der Waals surface area contributed by atoms with E-state index in [0.29, 0.717) is 11.3 Å². The Labute approximate surface area is 176 Å². The normalized spacial score (nSPS) is 40.3. The van der Waals surface area contributed by atoms with Crippen molar-refractivity contribution in [2.24, 2.45) is 23.2 Å². The largest absolute Gasteiger partial charge is 0.390 e. The van der Waals surface area contributed by atoms with Gasteiger partial charge in [-0.25, -0.2) is 0 Å². The van der Waals surface area contributed by atoms with E-state index >= 15 is 0 Å². The van der Waals surface area contributed by atoms with Crippen LogP contribution in [0.3, 0.4) is 0 Å². The fourth-order valence-electron chi connectivity index (χ4n) is 6.60. The monoisotopic (exact) mass is 400 g/mol. The van der Waals surface area contributed by atoms with Crippen LogP contribution >= 0.6 is 0 Å². The van der Waals surface area contributed by atoms with Crippen molar-refractivity contribution < 1.29 is 14.9 Å². The number of epoxide rings is 1. The average Bonchev–Trinajstić information content (AvgIpc) is 3.32. The van der Waals surface area contributed by atoms with E-state index < -0.39 is 11.7 Å². The van der Waals surface area contributed by atoms with Crippen molar-refractivity contribution in [2.75, 3.05) is 0 Å². The van der Waals surface area contributed by atoms with Crippen LogP contribution in [-0.4, -0.2) is 34.1 Å². The standard InChI is InChI=1S/C26H40O3/c1-17(7-5-13-25(2,3)28)20-11-12-21-19(8-6-14-26(20,21)4)10-9-18-15-22(27)24-23(16-18)29-24/h8-10,15,17,20-24,27-28H,5-7,11-14,16H2,1-4H3/b10-9-/t17-,20-,21+,22-,23-,24+,26-/m1/s1. The summed E-state index contributed by atoms with van der Waals surface area (Å²) >= 11 is 0. The third kappa shape index (κ3) is 4.57. The Balaban J connectivity index is 1.39. The quantitative estimate of drug-likeness (QED) is 0.568. The van der Waals surface area contributed by atoms with Crippen LogP contribution in [0, 0.1) is 23.2 Å². The molecule has 4 aliphatic rings. The van der Waals surface area contributed by atoms with Crippen LogP contribution in [0.1, 0.15) is 79.1 Å². The van der Waals surface area contributed by atoms with E-state index in [1.54, 1.807) is 0 Å². The Hall–Kier alpha value is -0.900. The van der Waals surface area contributed by atoms with Crippen molar-refractivity contribution in [1.29, 1.82) is 0 Å². The van der Waals surface area contributed by atoms with Gasteiger partial charge in [-0.1, -0.05) is 51.0 Å². The maximum absolute atomic E-state index is 10.1. The molecule has 0 bridgehead atoms. The lowest BCUT2D eigenvalue weighted by molar-refractivity contribution is 0.0613. The van der Waals surface area contributed by atoms with Crippen molar-refractivity contribution in [3.05, 3.63) is 35.5 Å². The molecule has 0 unspecified atom stereocenters. The molecule has 3 heteroatoms. The summed E-state index contributed by atoms with van der Waals surface area (Å²) < 4.78 is 5.52. The molecule has 1 aliphatic heterocycles. The van der Waals surface area contributed by atoms with E-state index in [1.807, 2.05) is 19.9 Å². The fourth-order valence-corrected chi connectivity index (χ4v) is 6.60. The van der Waals surface area contributed by atoms with E-state index in [2.05, 4.69) is 32.1 Å². The molecule has 7 atom stereocenters. The number of fused-ring (bicyclic) bond motifs is 2. The van der Waals surface area contributed by atoms with Gasteiger partial charge in [0.1, 0.15) is 12.2 Å². The van der Waals surface area contributed by atoms with Gasteiger partial charge in [0, 0.05) is 6.42 Å². The molecule has 29 heavy (non-hydrogen) atoms. The first-order valence-corrected chi connectivity index (χ1v) is 11.8. The number of ether oxygens (including phenoxy) is 1. The molecule has 0 aromatic carbocycles. The summed E-state index contributed by atoms with van der Waals surface area (Å²) in [5.41, 5.74) is 2.59. The van der Waals surface area contributed by atoms with Gasteiger partial charge >= 0.3 is 0 Å². The summed E-state index contributed by atoms with van der Waals surface area (Å²) in [4.78, 5) is 0. The van der Waals surface area contributed by atoms with Gasteiger partial charge < -0.3 is 14.9 Å². The van der Waals surface area contributed by atoms with Crippen LogP contribution in [0.25, 0.3) is 0 Å². The van der Waals surface area contributed by atoms with Crippen LogP contribution < -0.4 is 0 Å². The van der Waals surface area contributed by atoms with Gasteiger partial charge in [0.25, 0.3) is 0 Å². The first kappa shape index (κ1) is 21.3. The summed E-state index contributed by atoms with van der Waals surface area (Å²) in [7, 11) is 0. The molecule has 3 nitrogen and oxygen atoms in total. The number of aliphatic hydroxyl groups excluding tert-OH is 1. The highest BCUT2D eigenvalue weighted by atomic mass is 16.6. The first-order valence-electron chi connectivity index (χ1n) is 11.8. The molecular formula is C26H40O3. The summed E-state index contributed by atoms with van der Waals surface area (Å²) in [6, 6.07) is 0. The van der Waals surface area contributed by atoms with Crippen LogP contribution in [0.5, 0.6) is 0 Å². The molecule has 0 aromatic rings. The second-order valence-electron chi connectivity index (χ2n) is 11.1. The van der Waals surface area contributed by atoms with Crippen molar-refractivity contribution in [2.45, 2.75) is 103 Å². The van der Waals surface area contributed by atoms with Gasteiger partial charge in [-0.2, -0.15) is 0 Å². The van der Waals surface area contributed by atoms with Crippen LogP contribution in [-0.2, 0) is 4.74 Å². The second-order valence-corrected chi connectivity index (χ2v) is 11.1. The zero-order valence-electron chi connectivity index (χ0n) is 18.7. The van der Waals surface area contributed by atoms with Gasteiger partial charge in [-0.3, -0.25) is 0 Å². The Morgan fingerprint density at radius 1 is 1.31 bits per heavy atom. The Bertz CT molecular complexity index is 697. The van der Waals surface area contributed by atoms with Crippen LogP contribution in [0.15, 0.2) is 35.5 Å². The summed E-state index contributed by atoms with van der Waals surface area (Å²) in [5.74, 6) is 2.16. The first-order chi connectivity index (χ1) is 13.7. The molecule has 1 heterocycles. The molecule has 4 rings (SSSR count). The molecule has 0 radical (unpaired) electrons. The van der Waals surface area contributed by atoms with E-state index in [4.69, 9.17) is 4.74 Å². The molecule has 1 saturated carbocycles. The maximum Gasteiger partial charge on any atom is 0.114 e. The van der Waals surface area contributed by atoms with Gasteiger partial charge in [-0.05, 0) is 80.3 Å². The lowest BCUT2D eigenvalue weighted by Gasteiger charge is -2.43. The van der Waals surface area contributed by atoms with Crippen molar-refractivity contribution >= 4 is 0 Å². The number of rotatable bonds is 7. The maximum atomic E-state index is 10.1. The van der Waals surface area contributed by atoms with E-state index in [9.17, 15) is 10.2 Å². The summed E-state index contributed by atoms with van der Waals surface area (Å²) in [5, 5.41) is 20.1. The molecule has 3 aliphatic carbocycles. The summed E-state index contributed by atoms with van der Waals surface area (Å²) in [6.45, 7) is 8.82. The van der Waals surface area contributed by atoms with Gasteiger partial charge in [0.15, 0.2) is 0 Å². The molecule has 2 N–H and O–H groups in total. The van der Waals surface area contributed by atoms with Gasteiger partial charge in [0.05, 0.1) is 11.7 Å². The number of hydrogen-bond donors (Lipinski definition) is 2. The van der Waals surface area contributed by atoms with Crippen molar-refractivity contribution in [3.63, 3.8) is 0 Å². The minimum absolute atomic E-state index is 0.0535. The lowest BCUT2D eigenvalue weighted by Crippen LogP contribution is -2.35. The fraction of sp³-hybridized carbons (Fsp3) is 0.769. The minimum atomic E-state index is -0.541. The number of allylic oxidation sites excluding steroid dienone is 4. The predicted molar refractivity (Wildman–Crippen MR) is 117 cm³/mol. The zero-order valence-corrected chi connectivity index (χ0v) is 18.7. The predicted octanol–water partition coefficient (Wildman–Crippen LogP) is 5.33. The minimum Gasteiger partial charge on any atom is -0.390 e. The SMILES string of the molecule is C[C@H](CCCC(C)(C)O)[C@H]1CC[C@H]2C(/C=C\C3=C[C@@H](O)[C@@H]4O[C@@H]4C3)=CCC[C@]12C. The van der Waals surface area contributed by atoms with Crippen LogP contribution in [0.4, 0.5) is 0 Å². The molecule has 0 spiro atoms. The highest BCUT2D eigenvalue weighted by Crippen LogP contribution is 2.58. The third-order valence-corrected chi connectivity index (χ3v) is 8.28. The smallest absolute Gasteiger partial charge is 0.114 e. The molecule has 1 saturated heterocycles. The molecule has 2 fully saturated rings. The van der Waals surface area contributed by atoms with Gasteiger partial charge in [-0.15, -0.1) is 0 Å². The Morgan fingerprint density at radius 2 is 2.10 bits per heavy atom. The highest BCUT2D eigenvalue weighted by Gasteiger charge is 2.50. The average molecular weight is 401 g/mol. The van der Waals surface area contributed by atoms with E-state index in [-0.39, 0.29) is 12.2 Å². The number of hydrogen-bond acceptors (Lipinski definition) is 3. The van der Waals surface area contributed by atoms with Crippen LogP contribution in [0.2, 0.25) is 0 Å². The third-order valence-electron chi connectivity index (χ3n) is 8.28. The van der Waals surface area contributed by atoms with Crippen molar-refractivity contribution in [1.82, 2.24) is 0 Å². The molecule has 0 amide bonds. The van der Waals surface area contributed by atoms with Gasteiger partial charge in [0.2, 0.25) is 0 Å². The molecule has 162 valence electrons. The second kappa shape index (κ2) is 7.98. The van der Waals surface area contributed by atoms with E-state index in [1.165, 1.54) is 43.3 Å². The summed E-state index contributed by atoms with van der Waals surface area (Å²) in [6.07, 6.45) is 18.1. The molecular weight excluding hydrogens is 360 g/mol.